The second-order valence-electron chi connectivity index (χ2n) is 1.04. The fraction of sp³-hybridized carbons (Fsp3) is 0.250. The molecule has 1 aromatic rings. The Morgan fingerprint density at radius 1 is 1.86 bits per heavy atom. The molecular formula is C4H4NOV-. The van der Waals surface area contributed by atoms with Gasteiger partial charge < -0.3 is 9.40 Å². The zero-order chi connectivity index (χ0) is 4.41. The third-order valence-electron chi connectivity index (χ3n) is 0.506. The molecule has 0 bridgehead atoms. The summed E-state index contributed by atoms with van der Waals surface area (Å²) in [6.07, 6.45) is 3.87. The van der Waals surface area contributed by atoms with Crippen LogP contribution in [0.3, 0.4) is 0 Å². The summed E-state index contributed by atoms with van der Waals surface area (Å²) in [6, 6.07) is 0. The van der Waals surface area contributed by atoms with Gasteiger partial charge in [0.05, 0.1) is 0 Å². The number of aromatic nitrogens is 1. The van der Waals surface area contributed by atoms with Crippen LogP contribution in [0.1, 0.15) is 5.69 Å². The molecule has 0 fully saturated rings. The van der Waals surface area contributed by atoms with Crippen LogP contribution in [0.4, 0.5) is 0 Å². The monoisotopic (exact) mass is 133 g/mol. The molecule has 0 unspecified atom stereocenters. The predicted molar refractivity (Wildman–Crippen MR) is 20.1 cm³/mol. The molecule has 7 heavy (non-hydrogen) atoms. The largest absolute Gasteiger partial charge is 0.632 e. The molecule has 1 heterocycles. The summed E-state index contributed by atoms with van der Waals surface area (Å²) in [5.74, 6) is 0. The van der Waals surface area contributed by atoms with E-state index in [1.165, 1.54) is 6.39 Å². The van der Waals surface area contributed by atoms with Gasteiger partial charge in [-0.25, -0.2) is 0 Å². The Morgan fingerprint density at radius 3 is 2.71 bits per heavy atom. The zero-order valence-corrected chi connectivity index (χ0v) is 5.28. The first-order valence-corrected chi connectivity index (χ1v) is 1.67. The Kier molecular flexibility index (Phi) is 2.80. The zero-order valence-electron chi connectivity index (χ0n) is 3.88. The van der Waals surface area contributed by atoms with Gasteiger partial charge >= 0.3 is 0 Å². The standard InChI is InChI=1S/C4H4NO.V/c1-4-2-6-3-5-4;/h3H,1H3;/q-1;. The number of aryl methyl sites for hydroxylation is 1. The summed E-state index contributed by atoms with van der Waals surface area (Å²) in [7, 11) is 0. The average molecular weight is 133 g/mol. The van der Waals surface area contributed by atoms with Crippen LogP contribution in [0.15, 0.2) is 10.8 Å². The van der Waals surface area contributed by atoms with Crippen molar-refractivity contribution >= 4 is 0 Å². The van der Waals surface area contributed by atoms with Gasteiger partial charge in [-0.15, -0.1) is 0 Å². The van der Waals surface area contributed by atoms with Crippen LogP contribution in [0.2, 0.25) is 0 Å². The van der Waals surface area contributed by atoms with Crippen LogP contribution in [0.5, 0.6) is 0 Å². The number of hydrogen-bond acceptors (Lipinski definition) is 2. The van der Waals surface area contributed by atoms with Crippen molar-refractivity contribution in [3.8, 4) is 0 Å². The van der Waals surface area contributed by atoms with Crippen molar-refractivity contribution in [3.63, 3.8) is 0 Å². The molecule has 0 aliphatic rings. The molecular weight excluding hydrogens is 129 g/mol. The molecule has 0 saturated carbocycles. The Morgan fingerprint density at radius 2 is 2.57 bits per heavy atom. The molecule has 0 spiro atoms. The van der Waals surface area contributed by atoms with Gasteiger partial charge in [-0.3, -0.25) is 0 Å². The molecule has 0 aromatic carbocycles. The number of oxazole rings is 1. The Bertz CT molecular complexity index is 115. The summed E-state index contributed by atoms with van der Waals surface area (Å²) in [5.41, 5.74) is 0.801. The molecule has 0 atom stereocenters. The number of hydrogen-bond donors (Lipinski definition) is 0. The van der Waals surface area contributed by atoms with E-state index in [1.807, 2.05) is 6.92 Å². The van der Waals surface area contributed by atoms with Crippen molar-refractivity contribution in [1.82, 2.24) is 4.98 Å². The predicted octanol–water partition coefficient (Wildman–Crippen LogP) is 0.781. The van der Waals surface area contributed by atoms with Gasteiger partial charge in [0.1, 0.15) is 0 Å². The molecule has 1 rings (SSSR count). The van der Waals surface area contributed by atoms with Gasteiger partial charge in [0.2, 0.25) is 0 Å². The second-order valence-corrected chi connectivity index (χ2v) is 1.04. The van der Waals surface area contributed by atoms with E-state index >= 15 is 0 Å². The maximum Gasteiger partial charge on any atom is 0.0201 e. The molecule has 0 aliphatic carbocycles. The maximum absolute atomic E-state index is 4.48. The van der Waals surface area contributed by atoms with Crippen LogP contribution < -0.4 is 0 Å². The SMILES string of the molecule is Cc1[c-]ocn1.[V]. The van der Waals surface area contributed by atoms with Crippen molar-refractivity contribution in [2.24, 2.45) is 0 Å². The van der Waals surface area contributed by atoms with Gasteiger partial charge in [0.25, 0.3) is 0 Å². The van der Waals surface area contributed by atoms with E-state index in [4.69, 9.17) is 0 Å². The summed E-state index contributed by atoms with van der Waals surface area (Å²) in [5, 5.41) is 0. The van der Waals surface area contributed by atoms with Crippen molar-refractivity contribution in [3.05, 3.63) is 18.4 Å². The first-order valence-electron chi connectivity index (χ1n) is 1.67. The van der Waals surface area contributed by atoms with E-state index in [1.54, 1.807) is 0 Å². The summed E-state index contributed by atoms with van der Waals surface area (Å²) in [6.45, 7) is 1.82. The minimum Gasteiger partial charge on any atom is -0.632 e. The van der Waals surface area contributed by atoms with E-state index in [0.29, 0.717) is 0 Å². The van der Waals surface area contributed by atoms with Crippen LogP contribution in [-0.2, 0) is 18.6 Å². The van der Waals surface area contributed by atoms with Gasteiger partial charge in [0, 0.05) is 24.9 Å². The van der Waals surface area contributed by atoms with Crippen molar-refractivity contribution in [2.45, 2.75) is 6.92 Å². The maximum atomic E-state index is 4.48. The van der Waals surface area contributed by atoms with E-state index in [-0.39, 0.29) is 18.6 Å². The first-order chi connectivity index (χ1) is 2.89. The van der Waals surface area contributed by atoms with Crippen LogP contribution >= 0.6 is 0 Å². The van der Waals surface area contributed by atoms with Gasteiger partial charge in [0.15, 0.2) is 0 Å². The Labute approximate surface area is 53.8 Å². The second kappa shape index (κ2) is 2.89. The molecule has 2 nitrogen and oxygen atoms in total. The molecule has 3 heteroatoms. The van der Waals surface area contributed by atoms with Gasteiger partial charge in [-0.1, -0.05) is 6.26 Å². The Balaban J connectivity index is 0.000000360. The molecule has 37 valence electrons. The van der Waals surface area contributed by atoms with Crippen molar-refractivity contribution in [2.75, 3.05) is 0 Å². The average Bonchev–Trinajstić information content (AvgIpc) is 1.86. The van der Waals surface area contributed by atoms with Crippen LogP contribution in [0.25, 0.3) is 0 Å². The number of rotatable bonds is 0. The van der Waals surface area contributed by atoms with E-state index in [0.717, 1.165) is 5.69 Å². The van der Waals surface area contributed by atoms with E-state index in [2.05, 4.69) is 15.7 Å². The molecule has 0 saturated heterocycles. The number of nitrogens with zero attached hydrogens (tertiary/aromatic N) is 1. The van der Waals surface area contributed by atoms with E-state index in [9.17, 15) is 0 Å². The third kappa shape index (κ3) is 1.81. The van der Waals surface area contributed by atoms with E-state index < -0.39 is 0 Å². The van der Waals surface area contributed by atoms with Crippen LogP contribution in [0, 0.1) is 13.2 Å². The molecule has 0 aliphatic heterocycles. The molecule has 1 aromatic heterocycles. The normalized spacial score (nSPS) is 7.57. The summed E-state index contributed by atoms with van der Waals surface area (Å²) < 4.78 is 4.48. The smallest absolute Gasteiger partial charge is 0.0201 e. The van der Waals surface area contributed by atoms with Gasteiger partial charge in [-0.2, -0.15) is 0 Å². The fourth-order valence-electron chi connectivity index (χ4n) is 0.243. The Hall–Kier alpha value is -0.206. The minimum absolute atomic E-state index is 0. The van der Waals surface area contributed by atoms with Crippen LogP contribution in [-0.4, -0.2) is 4.98 Å². The summed E-state index contributed by atoms with van der Waals surface area (Å²) in [4.78, 5) is 3.69. The fourth-order valence-corrected chi connectivity index (χ4v) is 0.243. The van der Waals surface area contributed by atoms with Gasteiger partial charge in [-0.05, 0) is 12.6 Å². The molecule has 1 radical (unpaired) electrons. The minimum atomic E-state index is 0. The van der Waals surface area contributed by atoms with Crippen molar-refractivity contribution in [1.29, 1.82) is 0 Å². The quantitative estimate of drug-likeness (QED) is 0.489. The summed E-state index contributed by atoms with van der Waals surface area (Å²) >= 11 is 0. The molecule has 0 N–H and O–H groups in total. The molecule has 0 amide bonds. The van der Waals surface area contributed by atoms with Crippen molar-refractivity contribution < 1.29 is 23.0 Å². The first kappa shape index (κ1) is 6.79. The topological polar surface area (TPSA) is 26.0 Å². The third-order valence-corrected chi connectivity index (χ3v) is 0.506.